The van der Waals surface area contributed by atoms with Gasteiger partial charge in [-0.2, -0.15) is 13.5 Å². The number of urea groups is 1. The van der Waals surface area contributed by atoms with E-state index in [9.17, 15) is 18.0 Å². The van der Waals surface area contributed by atoms with Crippen molar-refractivity contribution in [2.24, 2.45) is 5.92 Å². The summed E-state index contributed by atoms with van der Waals surface area (Å²) in [6.45, 7) is 0.181. The molecule has 0 spiro atoms. The molecule has 23 heavy (non-hydrogen) atoms. The fourth-order valence-electron chi connectivity index (χ4n) is 3.12. The van der Waals surface area contributed by atoms with Crippen LogP contribution in [0.5, 0.6) is 0 Å². The quantitative estimate of drug-likeness (QED) is 0.368. The monoisotopic (exact) mass is 346 g/mol. The minimum absolute atomic E-state index is 0.0672. The van der Waals surface area contributed by atoms with Crippen molar-refractivity contribution in [1.29, 1.82) is 5.41 Å². The number of carbonyl (C=O) groups is 2. The minimum Gasteiger partial charge on any atom is -0.313 e. The fraction of sp³-hybridized carbons (Fsp3) is 0.750. The van der Waals surface area contributed by atoms with Crippen molar-refractivity contribution in [1.82, 2.24) is 15.3 Å². The lowest BCUT2D eigenvalue weighted by molar-refractivity contribution is -0.125. The number of piperidine rings is 1. The number of fused-ring (bicyclic) bond motifs is 2. The van der Waals surface area contributed by atoms with E-state index in [1.807, 2.05) is 0 Å². The second-order valence-electron chi connectivity index (χ2n) is 6.04. The predicted octanol–water partition coefficient (Wildman–Crippen LogP) is -0.117. The Morgan fingerprint density at radius 1 is 1.30 bits per heavy atom. The fourth-order valence-corrected chi connectivity index (χ4v) is 3.51. The van der Waals surface area contributed by atoms with Gasteiger partial charge in [-0.25, -0.2) is 4.79 Å². The first kappa shape index (κ1) is 16.1. The minimum atomic E-state index is -4.79. The van der Waals surface area contributed by atoms with Gasteiger partial charge in [-0.15, -0.1) is 4.28 Å². The van der Waals surface area contributed by atoms with Crippen molar-refractivity contribution in [2.45, 2.75) is 44.2 Å². The van der Waals surface area contributed by atoms with Crippen LogP contribution in [0.15, 0.2) is 0 Å². The molecule has 0 aromatic heterocycles. The van der Waals surface area contributed by atoms with Crippen LogP contribution in [-0.4, -0.2) is 59.3 Å². The van der Waals surface area contributed by atoms with Crippen molar-refractivity contribution >= 4 is 28.2 Å². The van der Waals surface area contributed by atoms with Crippen LogP contribution < -0.4 is 5.32 Å². The number of hydrogen-bond donors (Lipinski definition) is 3. The van der Waals surface area contributed by atoms with Gasteiger partial charge >= 0.3 is 16.4 Å². The summed E-state index contributed by atoms with van der Waals surface area (Å²) < 4.78 is 34.7. The lowest BCUT2D eigenvalue weighted by atomic mass is 9.84. The lowest BCUT2D eigenvalue weighted by Crippen LogP contribution is -2.52. The summed E-state index contributed by atoms with van der Waals surface area (Å²) in [5, 5.41) is 11.2. The number of rotatable bonds is 4. The molecule has 0 aromatic carbocycles. The van der Waals surface area contributed by atoms with Crippen LogP contribution in [0.4, 0.5) is 4.79 Å². The van der Waals surface area contributed by atoms with Gasteiger partial charge in [-0.3, -0.25) is 14.8 Å². The lowest BCUT2D eigenvalue weighted by Gasteiger charge is -2.32. The van der Waals surface area contributed by atoms with E-state index in [0.717, 1.165) is 19.3 Å². The van der Waals surface area contributed by atoms with E-state index < -0.39 is 28.5 Å². The molecule has 1 saturated carbocycles. The molecule has 3 N–H and O–H groups in total. The Bertz CT molecular complexity index is 646. The molecule has 3 amide bonds. The van der Waals surface area contributed by atoms with Gasteiger partial charge in [0.15, 0.2) is 0 Å². The SMILES string of the molecule is N=C(NC(=O)C1CCC1)[C@@H]1CC[C@@H]2CN1C(=O)N2OS(=O)(=O)O. The van der Waals surface area contributed by atoms with Crippen molar-refractivity contribution < 1.29 is 26.8 Å². The highest BCUT2D eigenvalue weighted by molar-refractivity contribution is 7.80. The van der Waals surface area contributed by atoms with Crippen LogP contribution in [0.3, 0.4) is 0 Å². The summed E-state index contributed by atoms with van der Waals surface area (Å²) >= 11 is 0. The molecule has 3 fully saturated rings. The topological polar surface area (TPSA) is 140 Å². The first-order valence-electron chi connectivity index (χ1n) is 7.42. The van der Waals surface area contributed by atoms with Crippen LogP contribution in [0, 0.1) is 11.3 Å². The highest BCUT2D eigenvalue weighted by Crippen LogP contribution is 2.31. The third-order valence-electron chi connectivity index (χ3n) is 4.56. The molecule has 11 heteroatoms. The van der Waals surface area contributed by atoms with Crippen LogP contribution in [-0.2, 0) is 19.5 Å². The normalized spacial score (nSPS) is 27.8. The van der Waals surface area contributed by atoms with Gasteiger partial charge < -0.3 is 10.2 Å². The summed E-state index contributed by atoms with van der Waals surface area (Å²) in [7, 11) is -4.79. The van der Waals surface area contributed by atoms with E-state index in [4.69, 9.17) is 9.96 Å². The standard InChI is InChI=1S/C12H18N4O6S/c13-10(14-11(17)7-2-1-3-7)9-5-4-8-6-15(9)12(18)16(8)22-23(19,20)21/h7-9H,1-6H2,(H2,13,14,17)(H,19,20,21)/t8-,9+/m1/s1. The maximum absolute atomic E-state index is 12.2. The maximum Gasteiger partial charge on any atom is 0.418 e. The first-order valence-corrected chi connectivity index (χ1v) is 8.79. The van der Waals surface area contributed by atoms with Crippen LogP contribution >= 0.6 is 0 Å². The van der Waals surface area contributed by atoms with Gasteiger partial charge in [0.2, 0.25) is 5.91 Å². The largest absolute Gasteiger partial charge is 0.418 e. The van der Waals surface area contributed by atoms with Crippen molar-refractivity contribution in [3.8, 4) is 0 Å². The molecule has 2 atom stereocenters. The van der Waals surface area contributed by atoms with Gasteiger partial charge in [0.1, 0.15) is 5.84 Å². The summed E-state index contributed by atoms with van der Waals surface area (Å²) in [4.78, 5) is 25.4. The summed E-state index contributed by atoms with van der Waals surface area (Å²) in [6, 6.07) is -1.87. The molecule has 128 valence electrons. The van der Waals surface area contributed by atoms with E-state index in [-0.39, 0.29) is 24.2 Å². The van der Waals surface area contributed by atoms with E-state index in [1.165, 1.54) is 4.90 Å². The van der Waals surface area contributed by atoms with Crippen molar-refractivity contribution in [3.05, 3.63) is 0 Å². The Kier molecular flexibility index (Phi) is 4.02. The van der Waals surface area contributed by atoms with Gasteiger partial charge in [0, 0.05) is 12.5 Å². The van der Waals surface area contributed by atoms with Crippen LogP contribution in [0.2, 0.25) is 0 Å². The third-order valence-corrected chi connectivity index (χ3v) is 4.91. The average molecular weight is 346 g/mol. The van der Waals surface area contributed by atoms with E-state index in [0.29, 0.717) is 17.9 Å². The molecule has 2 saturated heterocycles. The molecule has 0 unspecified atom stereocenters. The second kappa shape index (κ2) is 5.73. The molecule has 2 aliphatic heterocycles. The third kappa shape index (κ3) is 3.16. The Morgan fingerprint density at radius 2 is 2.00 bits per heavy atom. The van der Waals surface area contributed by atoms with E-state index >= 15 is 0 Å². The molecule has 3 aliphatic rings. The smallest absolute Gasteiger partial charge is 0.313 e. The summed E-state index contributed by atoms with van der Waals surface area (Å²) in [6.07, 6.45) is 3.44. The van der Waals surface area contributed by atoms with Gasteiger partial charge in [-0.1, -0.05) is 6.42 Å². The van der Waals surface area contributed by atoms with Crippen molar-refractivity contribution in [3.63, 3.8) is 0 Å². The van der Waals surface area contributed by atoms with Crippen LogP contribution in [0.25, 0.3) is 0 Å². The molecular formula is C12H18N4O6S. The Morgan fingerprint density at radius 3 is 2.57 bits per heavy atom. The van der Waals surface area contributed by atoms with Crippen molar-refractivity contribution in [2.75, 3.05) is 6.54 Å². The number of nitrogens with zero attached hydrogens (tertiary/aromatic N) is 2. The molecule has 0 radical (unpaired) electrons. The molecule has 1 aliphatic carbocycles. The molecule has 2 bridgehead atoms. The molecule has 2 heterocycles. The number of nitrogens with one attached hydrogen (secondary N) is 2. The molecule has 0 aromatic rings. The average Bonchev–Trinajstić information content (AvgIpc) is 2.60. The van der Waals surface area contributed by atoms with Gasteiger partial charge in [-0.05, 0) is 25.7 Å². The van der Waals surface area contributed by atoms with Crippen LogP contribution in [0.1, 0.15) is 32.1 Å². The number of carbonyl (C=O) groups excluding carboxylic acids is 2. The number of hydroxylamine groups is 2. The summed E-state index contributed by atoms with van der Waals surface area (Å²) in [5.41, 5.74) is 0. The number of hydrogen-bond acceptors (Lipinski definition) is 6. The Balaban J connectivity index is 1.66. The molecular weight excluding hydrogens is 328 g/mol. The second-order valence-corrected chi connectivity index (χ2v) is 7.05. The summed E-state index contributed by atoms with van der Waals surface area (Å²) in [5.74, 6) is -0.344. The highest BCUT2D eigenvalue weighted by atomic mass is 32.3. The molecule has 10 nitrogen and oxygen atoms in total. The molecule has 3 rings (SSSR count). The Hall–Kier alpha value is -1.72. The van der Waals surface area contributed by atoms with Gasteiger partial charge in [0.05, 0.1) is 12.1 Å². The van der Waals surface area contributed by atoms with Gasteiger partial charge in [0.25, 0.3) is 0 Å². The highest BCUT2D eigenvalue weighted by Gasteiger charge is 2.48. The van der Waals surface area contributed by atoms with E-state index in [2.05, 4.69) is 9.60 Å². The first-order chi connectivity index (χ1) is 10.8. The predicted molar refractivity (Wildman–Crippen MR) is 76.6 cm³/mol. The maximum atomic E-state index is 12.2. The van der Waals surface area contributed by atoms with E-state index in [1.54, 1.807) is 0 Å². The zero-order valence-electron chi connectivity index (χ0n) is 12.3. The zero-order chi connectivity index (χ0) is 16.8. The Labute approximate surface area is 133 Å². The zero-order valence-corrected chi connectivity index (χ0v) is 13.1. The number of amidine groups is 1. The number of amides is 3.